The number of rotatable bonds is 4. The molecule has 136 valence electrons. The predicted octanol–water partition coefficient (Wildman–Crippen LogP) is 4.01. The van der Waals surface area contributed by atoms with E-state index in [1.54, 1.807) is 17.8 Å². The Labute approximate surface area is 165 Å². The van der Waals surface area contributed by atoms with Crippen LogP contribution in [0.25, 0.3) is 17.1 Å². The zero-order valence-electron chi connectivity index (χ0n) is 15.0. The fourth-order valence-electron chi connectivity index (χ4n) is 2.64. The first-order valence-corrected chi connectivity index (χ1v) is 9.37. The Kier molecular flexibility index (Phi) is 4.95. The number of hydrogen-bond donors (Lipinski definition) is 1. The molecule has 0 saturated carbocycles. The maximum atomic E-state index is 12.7. The van der Waals surface area contributed by atoms with Crippen LogP contribution in [0.1, 0.15) is 23.1 Å². The van der Waals surface area contributed by atoms with Crippen LogP contribution < -0.4 is 5.32 Å². The molecule has 0 radical (unpaired) electrons. The van der Waals surface area contributed by atoms with E-state index in [1.165, 1.54) is 17.5 Å². The maximum absolute atomic E-state index is 12.7. The summed E-state index contributed by atoms with van der Waals surface area (Å²) in [6.45, 7) is 1.77. The van der Waals surface area contributed by atoms with Crippen molar-refractivity contribution in [3.05, 3.63) is 77.8 Å². The summed E-state index contributed by atoms with van der Waals surface area (Å²) in [6, 6.07) is 15.2. The van der Waals surface area contributed by atoms with E-state index in [9.17, 15) is 4.79 Å². The quantitative estimate of drug-likeness (QED) is 0.539. The van der Waals surface area contributed by atoms with E-state index in [2.05, 4.69) is 32.1 Å². The lowest BCUT2D eigenvalue weighted by molar-refractivity contribution is 0.102. The SMILES string of the molecule is CC#Cc1cccc(-c2csc(NC(=O)c3cncn3-c3ccccc3)n2)n1. The number of hydrogen-bond acceptors (Lipinski definition) is 5. The normalized spacial score (nSPS) is 10.2. The third-order valence-corrected chi connectivity index (χ3v) is 4.65. The Hall–Kier alpha value is -3.76. The van der Waals surface area contributed by atoms with Crippen LogP contribution in [0.2, 0.25) is 0 Å². The molecule has 4 aromatic rings. The number of nitrogens with zero attached hydrogens (tertiary/aromatic N) is 4. The number of para-hydroxylation sites is 1. The highest BCUT2D eigenvalue weighted by atomic mass is 32.1. The van der Waals surface area contributed by atoms with Crippen molar-refractivity contribution in [2.45, 2.75) is 6.92 Å². The van der Waals surface area contributed by atoms with Gasteiger partial charge in [0, 0.05) is 11.1 Å². The molecule has 6 nitrogen and oxygen atoms in total. The Morgan fingerprint density at radius 1 is 1.07 bits per heavy atom. The molecule has 7 heteroatoms. The van der Waals surface area contributed by atoms with Crippen LogP contribution in [0.3, 0.4) is 0 Å². The first-order valence-electron chi connectivity index (χ1n) is 8.49. The lowest BCUT2D eigenvalue weighted by atomic mass is 10.2. The summed E-state index contributed by atoms with van der Waals surface area (Å²) >= 11 is 1.34. The van der Waals surface area contributed by atoms with E-state index in [0.717, 1.165) is 5.69 Å². The number of nitrogens with one attached hydrogen (secondary N) is 1. The molecule has 0 unspecified atom stereocenters. The van der Waals surface area contributed by atoms with Gasteiger partial charge in [-0.15, -0.1) is 11.3 Å². The van der Waals surface area contributed by atoms with Gasteiger partial charge in [-0.25, -0.2) is 15.0 Å². The van der Waals surface area contributed by atoms with Crippen molar-refractivity contribution in [1.82, 2.24) is 19.5 Å². The van der Waals surface area contributed by atoms with Gasteiger partial charge in [-0.05, 0) is 37.1 Å². The Bertz CT molecular complexity index is 1180. The smallest absolute Gasteiger partial charge is 0.276 e. The molecule has 28 heavy (non-hydrogen) atoms. The Balaban J connectivity index is 1.55. The second kappa shape index (κ2) is 7.86. The summed E-state index contributed by atoms with van der Waals surface area (Å²) in [7, 11) is 0. The number of imidazole rings is 1. The number of thiazole rings is 1. The number of carbonyl (C=O) groups is 1. The zero-order valence-corrected chi connectivity index (χ0v) is 15.8. The molecule has 0 bridgehead atoms. The van der Waals surface area contributed by atoms with Gasteiger partial charge in [0.05, 0.1) is 18.2 Å². The van der Waals surface area contributed by atoms with Crippen LogP contribution in [0.15, 0.2) is 66.4 Å². The summed E-state index contributed by atoms with van der Waals surface area (Å²) in [5, 5.41) is 5.19. The van der Waals surface area contributed by atoms with E-state index in [-0.39, 0.29) is 5.91 Å². The molecule has 0 aliphatic heterocycles. The summed E-state index contributed by atoms with van der Waals surface area (Å²) in [5.41, 5.74) is 3.39. The van der Waals surface area contributed by atoms with E-state index < -0.39 is 0 Å². The largest absolute Gasteiger partial charge is 0.296 e. The lowest BCUT2D eigenvalue weighted by Crippen LogP contribution is -2.15. The Morgan fingerprint density at radius 3 is 2.75 bits per heavy atom. The van der Waals surface area contributed by atoms with Gasteiger partial charge in [0.2, 0.25) is 0 Å². The minimum Gasteiger partial charge on any atom is -0.296 e. The predicted molar refractivity (Wildman–Crippen MR) is 109 cm³/mol. The van der Waals surface area contributed by atoms with Gasteiger partial charge in [-0.2, -0.15) is 0 Å². The average molecular weight is 385 g/mol. The molecule has 0 saturated heterocycles. The van der Waals surface area contributed by atoms with Crippen molar-refractivity contribution in [2.75, 3.05) is 5.32 Å². The van der Waals surface area contributed by atoms with Crippen molar-refractivity contribution >= 4 is 22.4 Å². The molecule has 1 amide bonds. The number of carbonyl (C=O) groups excluding carboxylic acids is 1. The minimum atomic E-state index is -0.277. The highest BCUT2D eigenvalue weighted by molar-refractivity contribution is 7.14. The number of benzene rings is 1. The van der Waals surface area contributed by atoms with Gasteiger partial charge in [0.1, 0.15) is 17.1 Å². The number of aromatic nitrogens is 4. The van der Waals surface area contributed by atoms with E-state index >= 15 is 0 Å². The molecule has 3 aromatic heterocycles. The summed E-state index contributed by atoms with van der Waals surface area (Å²) < 4.78 is 1.73. The monoisotopic (exact) mass is 385 g/mol. The maximum Gasteiger partial charge on any atom is 0.276 e. The van der Waals surface area contributed by atoms with Gasteiger partial charge in [0.25, 0.3) is 5.91 Å². The Morgan fingerprint density at radius 2 is 1.93 bits per heavy atom. The van der Waals surface area contributed by atoms with Crippen LogP contribution >= 0.6 is 11.3 Å². The second-order valence-corrected chi connectivity index (χ2v) is 6.62. The van der Waals surface area contributed by atoms with Crippen LogP contribution in [0.4, 0.5) is 5.13 Å². The topological polar surface area (TPSA) is 72.7 Å². The first-order chi connectivity index (χ1) is 13.7. The molecule has 0 spiro atoms. The van der Waals surface area contributed by atoms with E-state index in [4.69, 9.17) is 0 Å². The number of anilines is 1. The molecule has 0 aliphatic rings. The van der Waals surface area contributed by atoms with Crippen molar-refractivity contribution in [3.63, 3.8) is 0 Å². The van der Waals surface area contributed by atoms with Crippen molar-refractivity contribution in [3.8, 4) is 28.9 Å². The van der Waals surface area contributed by atoms with Crippen molar-refractivity contribution < 1.29 is 4.79 Å². The molecular weight excluding hydrogens is 370 g/mol. The molecular formula is C21H15N5OS. The molecule has 0 aliphatic carbocycles. The van der Waals surface area contributed by atoms with Gasteiger partial charge in [0.15, 0.2) is 5.13 Å². The molecule has 0 atom stereocenters. The van der Waals surface area contributed by atoms with Crippen LogP contribution in [-0.2, 0) is 0 Å². The number of amides is 1. The van der Waals surface area contributed by atoms with E-state index in [1.807, 2.05) is 53.9 Å². The molecule has 1 N–H and O–H groups in total. The third kappa shape index (κ3) is 3.68. The molecule has 0 fully saturated rings. The molecule has 4 rings (SSSR count). The molecule has 1 aromatic carbocycles. The van der Waals surface area contributed by atoms with E-state index in [0.29, 0.717) is 27.9 Å². The van der Waals surface area contributed by atoms with Gasteiger partial charge < -0.3 is 0 Å². The fraction of sp³-hybridized carbons (Fsp3) is 0.0476. The van der Waals surface area contributed by atoms with Crippen LogP contribution in [0.5, 0.6) is 0 Å². The summed E-state index contributed by atoms with van der Waals surface area (Å²) in [5.74, 6) is 5.49. The van der Waals surface area contributed by atoms with Gasteiger partial charge >= 0.3 is 0 Å². The second-order valence-electron chi connectivity index (χ2n) is 5.76. The third-order valence-electron chi connectivity index (χ3n) is 3.89. The first kappa shape index (κ1) is 17.6. The minimum absolute atomic E-state index is 0.277. The zero-order chi connectivity index (χ0) is 19.3. The lowest BCUT2D eigenvalue weighted by Gasteiger charge is -2.07. The number of pyridine rings is 1. The summed E-state index contributed by atoms with van der Waals surface area (Å²) in [6.07, 6.45) is 3.15. The highest BCUT2D eigenvalue weighted by Gasteiger charge is 2.15. The van der Waals surface area contributed by atoms with Crippen LogP contribution in [0, 0.1) is 11.8 Å². The fourth-order valence-corrected chi connectivity index (χ4v) is 3.34. The van der Waals surface area contributed by atoms with Gasteiger partial charge in [-0.3, -0.25) is 14.7 Å². The van der Waals surface area contributed by atoms with Crippen LogP contribution in [-0.4, -0.2) is 25.4 Å². The molecule has 3 heterocycles. The van der Waals surface area contributed by atoms with Gasteiger partial charge in [-0.1, -0.05) is 30.2 Å². The van der Waals surface area contributed by atoms with Crippen molar-refractivity contribution in [2.24, 2.45) is 0 Å². The average Bonchev–Trinajstić information content (AvgIpc) is 3.39. The highest BCUT2D eigenvalue weighted by Crippen LogP contribution is 2.24. The standard InChI is InChI=1S/C21H15N5OS/c1-2-7-15-8-6-11-17(23-15)18-13-28-21(24-18)25-20(27)19-12-22-14-26(19)16-9-4-3-5-10-16/h3-6,8-14H,1H3,(H,24,25,27). The van der Waals surface area contributed by atoms with Crippen molar-refractivity contribution in [1.29, 1.82) is 0 Å². The summed E-state index contributed by atoms with van der Waals surface area (Å²) in [4.78, 5) is 25.8.